The van der Waals surface area contributed by atoms with Crippen LogP contribution in [0, 0.1) is 5.92 Å². The highest BCUT2D eigenvalue weighted by Crippen LogP contribution is 2.35. The third kappa shape index (κ3) is 4.87. The van der Waals surface area contributed by atoms with Crippen LogP contribution in [-0.2, 0) is 9.47 Å². The lowest BCUT2D eigenvalue weighted by Gasteiger charge is -2.23. The number of ether oxygens (including phenoxy) is 3. The number of fused-ring (bicyclic) bond motifs is 1. The summed E-state index contributed by atoms with van der Waals surface area (Å²) in [6, 6.07) is 12.4. The van der Waals surface area contributed by atoms with Crippen molar-refractivity contribution in [2.75, 3.05) is 18.5 Å². The molecule has 8 nitrogen and oxygen atoms in total. The number of carboxylic acid groups (broad SMARTS) is 1. The zero-order valence-electron chi connectivity index (χ0n) is 19.0. The molecule has 3 aromatic rings. The lowest BCUT2D eigenvalue weighted by atomic mass is 10.0. The van der Waals surface area contributed by atoms with Crippen LogP contribution >= 0.6 is 0 Å². The van der Waals surface area contributed by atoms with Gasteiger partial charge in [-0.1, -0.05) is 12.1 Å². The number of aromatic nitrogens is 1. The number of hydrogen-bond donors (Lipinski definition) is 3. The molecule has 1 saturated carbocycles. The van der Waals surface area contributed by atoms with Gasteiger partial charge in [-0.3, -0.25) is 5.32 Å². The van der Waals surface area contributed by atoms with Gasteiger partial charge in [-0.2, -0.15) is 0 Å². The third-order valence-electron chi connectivity index (χ3n) is 6.45. The fourth-order valence-electron chi connectivity index (χ4n) is 4.37. The maximum Gasteiger partial charge on any atom is 0.411 e. The highest BCUT2D eigenvalue weighted by molar-refractivity contribution is 6.09. The molecule has 178 valence electrons. The number of amides is 1. The summed E-state index contributed by atoms with van der Waals surface area (Å²) in [5, 5.41) is 13.3. The van der Waals surface area contributed by atoms with Gasteiger partial charge in [0.05, 0.1) is 30.0 Å². The monoisotopic (exact) mass is 464 g/mol. The van der Waals surface area contributed by atoms with Crippen LogP contribution in [0.3, 0.4) is 0 Å². The van der Waals surface area contributed by atoms with Gasteiger partial charge in [0.1, 0.15) is 18.0 Å². The Balaban J connectivity index is 1.35. The first-order valence-electron chi connectivity index (χ1n) is 11.7. The zero-order valence-corrected chi connectivity index (χ0v) is 19.0. The Morgan fingerprint density at radius 1 is 1.09 bits per heavy atom. The molecule has 2 fully saturated rings. The van der Waals surface area contributed by atoms with Crippen LogP contribution in [0.25, 0.3) is 22.2 Å². The topological polar surface area (TPSA) is 110 Å². The minimum absolute atomic E-state index is 0.0935. The number of hydrogen-bond acceptors (Lipinski definition) is 5. The molecule has 34 heavy (non-hydrogen) atoms. The van der Waals surface area contributed by atoms with Crippen LogP contribution in [0.4, 0.5) is 10.5 Å². The molecule has 1 aromatic heterocycles. The second-order valence-corrected chi connectivity index (χ2v) is 8.97. The van der Waals surface area contributed by atoms with Gasteiger partial charge in [0, 0.05) is 30.0 Å². The molecule has 3 N–H and O–H groups in total. The van der Waals surface area contributed by atoms with Gasteiger partial charge < -0.3 is 24.3 Å². The minimum atomic E-state index is -1.01. The first kappa shape index (κ1) is 22.3. The third-order valence-corrected chi connectivity index (χ3v) is 6.45. The standard InChI is InChI=1S/C26H28N2O6/c1-15(16-2-3-16)33-26(31)27-18-6-4-17(5-7-18)24-23(25(29)30)21-9-8-20(14-22(21)28-24)34-19-10-12-32-13-11-19/h4-9,14-16,19,28H,2-3,10-13H2,1H3,(H,27,31)(H,29,30). The summed E-state index contributed by atoms with van der Waals surface area (Å²) in [4.78, 5) is 27.5. The Labute approximate surface area is 197 Å². The Kier molecular flexibility index (Phi) is 6.15. The lowest BCUT2D eigenvalue weighted by molar-refractivity contribution is 0.0256. The molecule has 2 heterocycles. The molecule has 8 heteroatoms. The Hall–Kier alpha value is -3.52. The highest BCUT2D eigenvalue weighted by atomic mass is 16.6. The molecule has 1 unspecified atom stereocenters. The largest absolute Gasteiger partial charge is 0.490 e. The summed E-state index contributed by atoms with van der Waals surface area (Å²) in [5.41, 5.74) is 2.67. The maximum atomic E-state index is 12.1. The summed E-state index contributed by atoms with van der Waals surface area (Å²) in [6.45, 7) is 3.28. The molecule has 1 saturated heterocycles. The summed E-state index contributed by atoms with van der Waals surface area (Å²) in [6.07, 6.45) is 3.39. The summed E-state index contributed by atoms with van der Waals surface area (Å²) < 4.78 is 16.9. The van der Waals surface area contributed by atoms with Gasteiger partial charge in [-0.15, -0.1) is 0 Å². The smallest absolute Gasteiger partial charge is 0.411 e. The van der Waals surface area contributed by atoms with Crippen LogP contribution in [0.1, 0.15) is 43.0 Å². The number of anilines is 1. The predicted molar refractivity (Wildman–Crippen MR) is 127 cm³/mol. The van der Waals surface area contributed by atoms with Crippen LogP contribution < -0.4 is 10.1 Å². The molecular formula is C26H28N2O6. The fourth-order valence-corrected chi connectivity index (χ4v) is 4.37. The Bertz CT molecular complexity index is 1190. The van der Waals surface area contributed by atoms with E-state index in [9.17, 15) is 14.7 Å². The van der Waals surface area contributed by atoms with E-state index in [0.717, 1.165) is 25.7 Å². The number of rotatable bonds is 7. The second-order valence-electron chi connectivity index (χ2n) is 8.97. The number of benzene rings is 2. The van der Waals surface area contributed by atoms with Crippen molar-refractivity contribution in [3.05, 3.63) is 48.0 Å². The van der Waals surface area contributed by atoms with Crippen molar-refractivity contribution in [2.45, 2.75) is 44.8 Å². The summed E-state index contributed by atoms with van der Waals surface area (Å²) in [7, 11) is 0. The first-order valence-corrected chi connectivity index (χ1v) is 11.7. The molecule has 2 aliphatic rings. The van der Waals surface area contributed by atoms with E-state index >= 15 is 0 Å². The highest BCUT2D eigenvalue weighted by Gasteiger charge is 2.30. The van der Waals surface area contributed by atoms with Crippen LogP contribution in [0.2, 0.25) is 0 Å². The van der Waals surface area contributed by atoms with Crippen molar-refractivity contribution >= 4 is 28.7 Å². The average Bonchev–Trinajstić information content (AvgIpc) is 3.60. The van der Waals surface area contributed by atoms with Crippen molar-refractivity contribution in [1.82, 2.24) is 4.98 Å². The van der Waals surface area contributed by atoms with E-state index in [2.05, 4.69) is 10.3 Å². The SMILES string of the molecule is CC(OC(=O)Nc1ccc(-c2[nH]c3cc(OC4CCOCC4)ccc3c2C(=O)O)cc1)C1CC1. The average molecular weight is 465 g/mol. The van der Waals surface area contributed by atoms with Crippen molar-refractivity contribution < 1.29 is 28.9 Å². The van der Waals surface area contributed by atoms with Gasteiger partial charge in [0.2, 0.25) is 0 Å². The van der Waals surface area contributed by atoms with E-state index in [4.69, 9.17) is 14.2 Å². The summed E-state index contributed by atoms with van der Waals surface area (Å²) >= 11 is 0. The maximum absolute atomic E-state index is 12.1. The molecule has 5 rings (SSSR count). The molecule has 1 amide bonds. The van der Waals surface area contributed by atoms with E-state index in [1.54, 1.807) is 30.3 Å². The molecule has 1 aliphatic carbocycles. The molecule has 1 aliphatic heterocycles. The van der Waals surface area contributed by atoms with E-state index in [1.165, 1.54) is 0 Å². The van der Waals surface area contributed by atoms with E-state index in [0.29, 0.717) is 52.7 Å². The van der Waals surface area contributed by atoms with Gasteiger partial charge in [-0.05, 0) is 55.5 Å². The normalized spacial score (nSPS) is 17.3. The van der Waals surface area contributed by atoms with Gasteiger partial charge in [0.25, 0.3) is 0 Å². The number of aromatic carboxylic acids is 1. The quantitative estimate of drug-likeness (QED) is 0.430. The van der Waals surface area contributed by atoms with Gasteiger partial charge in [0.15, 0.2) is 0 Å². The number of carbonyl (C=O) groups is 2. The van der Waals surface area contributed by atoms with Crippen LogP contribution in [0.5, 0.6) is 5.75 Å². The minimum Gasteiger partial charge on any atom is -0.490 e. The lowest BCUT2D eigenvalue weighted by Crippen LogP contribution is -2.25. The number of carbonyl (C=O) groups excluding carboxylic acids is 1. The van der Waals surface area contributed by atoms with Gasteiger partial charge in [-0.25, -0.2) is 9.59 Å². The van der Waals surface area contributed by atoms with E-state index < -0.39 is 12.1 Å². The molecule has 2 aromatic carbocycles. The number of aromatic amines is 1. The van der Waals surface area contributed by atoms with E-state index in [-0.39, 0.29) is 17.8 Å². The Morgan fingerprint density at radius 3 is 2.50 bits per heavy atom. The zero-order chi connectivity index (χ0) is 23.7. The van der Waals surface area contributed by atoms with Crippen molar-refractivity contribution in [2.24, 2.45) is 5.92 Å². The van der Waals surface area contributed by atoms with Crippen molar-refractivity contribution in [1.29, 1.82) is 0 Å². The van der Waals surface area contributed by atoms with Crippen molar-refractivity contribution in [3.8, 4) is 17.0 Å². The Morgan fingerprint density at radius 2 is 1.82 bits per heavy atom. The fraction of sp³-hybridized carbons (Fsp3) is 0.385. The molecule has 0 spiro atoms. The predicted octanol–water partition coefficient (Wildman–Crippen LogP) is 5.44. The van der Waals surface area contributed by atoms with Crippen LogP contribution in [-0.4, -0.2) is 47.6 Å². The first-order chi connectivity index (χ1) is 16.5. The molecule has 0 bridgehead atoms. The second kappa shape index (κ2) is 9.38. The molecular weight excluding hydrogens is 436 g/mol. The molecule has 1 atom stereocenters. The van der Waals surface area contributed by atoms with Gasteiger partial charge >= 0.3 is 12.1 Å². The summed E-state index contributed by atoms with van der Waals surface area (Å²) in [5.74, 6) is 0.147. The number of carboxylic acids is 1. The number of H-pyrrole nitrogens is 1. The van der Waals surface area contributed by atoms with Crippen molar-refractivity contribution in [3.63, 3.8) is 0 Å². The van der Waals surface area contributed by atoms with E-state index in [1.807, 2.05) is 19.1 Å². The molecule has 0 radical (unpaired) electrons. The number of nitrogens with one attached hydrogen (secondary N) is 2. The van der Waals surface area contributed by atoms with Crippen LogP contribution in [0.15, 0.2) is 42.5 Å².